The molecule has 0 aliphatic rings. The highest BCUT2D eigenvalue weighted by molar-refractivity contribution is 5.75. The first kappa shape index (κ1) is 9.74. The Morgan fingerprint density at radius 1 is 1.45 bits per heavy atom. The van der Waals surface area contributed by atoms with E-state index in [-0.39, 0.29) is 6.42 Å². The Kier molecular flexibility index (Phi) is 4.02. The van der Waals surface area contributed by atoms with Crippen molar-refractivity contribution in [3.05, 3.63) is 0 Å². The summed E-state index contributed by atoms with van der Waals surface area (Å²) in [6, 6.07) is 0. The highest BCUT2D eigenvalue weighted by Crippen LogP contribution is 2.02. The molecule has 0 aromatic heterocycles. The molecule has 0 bridgehead atoms. The van der Waals surface area contributed by atoms with Crippen LogP contribution in [0.5, 0.6) is 0 Å². The van der Waals surface area contributed by atoms with Crippen molar-refractivity contribution in [3.8, 4) is 0 Å². The lowest BCUT2D eigenvalue weighted by atomic mass is 10.2. The maximum atomic E-state index is 10.2. The van der Waals surface area contributed by atoms with Gasteiger partial charge in [0.1, 0.15) is 0 Å². The van der Waals surface area contributed by atoms with Crippen LogP contribution in [0.4, 0.5) is 4.79 Å². The van der Waals surface area contributed by atoms with E-state index >= 15 is 0 Å². The molecule has 0 aliphatic carbocycles. The summed E-state index contributed by atoms with van der Waals surface area (Å²) in [7, 11) is 0. The number of hydrogen-bond acceptors (Lipinski definition) is 3. The molecule has 11 heavy (non-hydrogen) atoms. The quantitative estimate of drug-likeness (QED) is 0.601. The second-order valence-corrected chi connectivity index (χ2v) is 2.00. The Morgan fingerprint density at radius 2 is 2.00 bits per heavy atom. The van der Waals surface area contributed by atoms with Crippen molar-refractivity contribution in [1.29, 1.82) is 0 Å². The van der Waals surface area contributed by atoms with Crippen LogP contribution < -0.4 is 0 Å². The fraction of sp³-hybridized carbons (Fsp3) is 0.667. The Hall–Kier alpha value is -1.26. The molecule has 0 saturated carbocycles. The smallest absolute Gasteiger partial charge is 0.479 e. The van der Waals surface area contributed by atoms with Gasteiger partial charge in [0.05, 0.1) is 0 Å². The summed E-state index contributed by atoms with van der Waals surface area (Å²) in [5.74, 6) is -1.24. The van der Waals surface area contributed by atoms with Crippen molar-refractivity contribution in [2.75, 3.05) is 0 Å². The molecular formula is C6H10O5. The molecule has 0 fully saturated rings. The van der Waals surface area contributed by atoms with Gasteiger partial charge in [-0.3, -0.25) is 0 Å². The van der Waals surface area contributed by atoms with Crippen LogP contribution in [0.2, 0.25) is 0 Å². The van der Waals surface area contributed by atoms with Crippen LogP contribution in [-0.2, 0) is 9.53 Å². The number of hydrogen-bond donors (Lipinski definition) is 2. The van der Waals surface area contributed by atoms with Gasteiger partial charge in [0, 0.05) is 0 Å². The Morgan fingerprint density at radius 3 is 2.27 bits per heavy atom. The van der Waals surface area contributed by atoms with Crippen LogP contribution in [0, 0.1) is 0 Å². The van der Waals surface area contributed by atoms with Crippen LogP contribution >= 0.6 is 0 Å². The summed E-state index contributed by atoms with van der Waals surface area (Å²) in [6.07, 6.45) is -1.99. The van der Waals surface area contributed by atoms with Crippen LogP contribution in [0.1, 0.15) is 19.8 Å². The fourth-order valence-electron chi connectivity index (χ4n) is 0.617. The summed E-state index contributed by atoms with van der Waals surface area (Å²) in [5, 5.41) is 16.4. The van der Waals surface area contributed by atoms with Gasteiger partial charge in [-0.15, -0.1) is 0 Å². The van der Waals surface area contributed by atoms with Gasteiger partial charge in [0.15, 0.2) is 0 Å². The highest BCUT2D eigenvalue weighted by atomic mass is 16.7. The predicted molar refractivity (Wildman–Crippen MR) is 35.4 cm³/mol. The lowest BCUT2D eigenvalue weighted by Gasteiger charge is -2.08. The highest BCUT2D eigenvalue weighted by Gasteiger charge is 2.20. The zero-order chi connectivity index (χ0) is 8.85. The number of rotatable bonds is 4. The third-order valence-corrected chi connectivity index (χ3v) is 1.07. The molecule has 5 heteroatoms. The second-order valence-electron chi connectivity index (χ2n) is 2.00. The molecular weight excluding hydrogens is 152 g/mol. The summed E-state index contributed by atoms with van der Waals surface area (Å²) in [5.41, 5.74) is 0. The largest absolute Gasteiger partial charge is 0.506 e. The zero-order valence-electron chi connectivity index (χ0n) is 6.11. The van der Waals surface area contributed by atoms with E-state index in [0.717, 1.165) is 0 Å². The maximum absolute atomic E-state index is 10.2. The van der Waals surface area contributed by atoms with Gasteiger partial charge in [-0.05, 0) is 6.42 Å². The molecule has 0 saturated heterocycles. The van der Waals surface area contributed by atoms with Crippen molar-refractivity contribution in [2.45, 2.75) is 25.9 Å². The summed E-state index contributed by atoms with van der Waals surface area (Å²) >= 11 is 0. The van der Waals surface area contributed by atoms with E-state index < -0.39 is 18.2 Å². The van der Waals surface area contributed by atoms with E-state index in [1.54, 1.807) is 6.92 Å². The summed E-state index contributed by atoms with van der Waals surface area (Å²) in [6.45, 7) is 1.75. The van der Waals surface area contributed by atoms with E-state index in [1.165, 1.54) is 0 Å². The van der Waals surface area contributed by atoms with Crippen molar-refractivity contribution in [3.63, 3.8) is 0 Å². The van der Waals surface area contributed by atoms with Crippen LogP contribution in [-0.4, -0.2) is 28.4 Å². The Balaban J connectivity index is 3.89. The molecule has 0 heterocycles. The van der Waals surface area contributed by atoms with Crippen molar-refractivity contribution < 1.29 is 24.5 Å². The third-order valence-electron chi connectivity index (χ3n) is 1.07. The van der Waals surface area contributed by atoms with Gasteiger partial charge in [-0.1, -0.05) is 13.3 Å². The number of ether oxygens (including phenoxy) is 1. The topological polar surface area (TPSA) is 83.8 Å². The molecule has 0 radical (unpaired) electrons. The maximum Gasteiger partial charge on any atom is 0.506 e. The lowest BCUT2D eigenvalue weighted by Crippen LogP contribution is -2.25. The number of aliphatic carboxylic acids is 1. The fourth-order valence-corrected chi connectivity index (χ4v) is 0.617. The molecule has 0 aromatic rings. The SMILES string of the molecule is CCCC(OC(=O)O)C(=O)O. The number of carboxylic acids is 1. The van der Waals surface area contributed by atoms with Gasteiger partial charge < -0.3 is 14.9 Å². The molecule has 2 N–H and O–H groups in total. The molecule has 0 amide bonds. The van der Waals surface area contributed by atoms with Crippen LogP contribution in [0.25, 0.3) is 0 Å². The second kappa shape index (κ2) is 4.54. The molecule has 0 aliphatic heterocycles. The van der Waals surface area contributed by atoms with Crippen molar-refractivity contribution in [1.82, 2.24) is 0 Å². The molecule has 0 aromatic carbocycles. The van der Waals surface area contributed by atoms with Crippen LogP contribution in [0.3, 0.4) is 0 Å². The summed E-state index contributed by atoms with van der Waals surface area (Å²) < 4.78 is 4.07. The van der Waals surface area contributed by atoms with E-state index in [0.29, 0.717) is 6.42 Å². The lowest BCUT2D eigenvalue weighted by molar-refractivity contribution is -0.148. The van der Waals surface area contributed by atoms with Gasteiger partial charge >= 0.3 is 12.1 Å². The molecule has 1 atom stereocenters. The van der Waals surface area contributed by atoms with Crippen molar-refractivity contribution in [2.24, 2.45) is 0 Å². The van der Waals surface area contributed by atoms with E-state index in [2.05, 4.69) is 4.74 Å². The van der Waals surface area contributed by atoms with E-state index in [1.807, 2.05) is 0 Å². The van der Waals surface area contributed by atoms with Gasteiger partial charge in [-0.2, -0.15) is 0 Å². The standard InChI is InChI=1S/C6H10O5/c1-2-3-4(5(7)8)11-6(9)10/h4H,2-3H2,1H3,(H,7,8)(H,9,10). The van der Waals surface area contributed by atoms with Crippen LogP contribution in [0.15, 0.2) is 0 Å². The molecule has 5 nitrogen and oxygen atoms in total. The normalized spacial score (nSPS) is 12.1. The molecule has 0 spiro atoms. The van der Waals surface area contributed by atoms with E-state index in [4.69, 9.17) is 10.2 Å². The summed E-state index contributed by atoms with van der Waals surface area (Å²) in [4.78, 5) is 20.1. The number of carbonyl (C=O) groups is 2. The van der Waals surface area contributed by atoms with Gasteiger partial charge in [0.2, 0.25) is 6.10 Å². The minimum absolute atomic E-state index is 0.210. The Bertz CT molecular complexity index is 153. The van der Waals surface area contributed by atoms with Gasteiger partial charge in [0.25, 0.3) is 0 Å². The molecule has 0 rings (SSSR count). The Labute approximate surface area is 63.6 Å². The third kappa shape index (κ3) is 4.19. The minimum atomic E-state index is -1.55. The first-order chi connectivity index (χ1) is 5.07. The van der Waals surface area contributed by atoms with E-state index in [9.17, 15) is 9.59 Å². The monoisotopic (exact) mass is 162 g/mol. The average molecular weight is 162 g/mol. The first-order valence-electron chi connectivity index (χ1n) is 3.20. The minimum Gasteiger partial charge on any atom is -0.479 e. The molecule has 64 valence electrons. The number of carboxylic acid groups (broad SMARTS) is 2. The first-order valence-corrected chi connectivity index (χ1v) is 3.20. The van der Waals surface area contributed by atoms with Gasteiger partial charge in [-0.25, -0.2) is 9.59 Å². The predicted octanol–water partition coefficient (Wildman–Crippen LogP) is 0.934. The van der Waals surface area contributed by atoms with Crippen molar-refractivity contribution >= 4 is 12.1 Å². The molecule has 1 unspecified atom stereocenters. The zero-order valence-corrected chi connectivity index (χ0v) is 6.11. The average Bonchev–Trinajstić information content (AvgIpc) is 1.86.